The summed E-state index contributed by atoms with van der Waals surface area (Å²) in [5, 5.41) is 0. The minimum Gasteiger partial charge on any atom is -0.308 e. The average Bonchev–Trinajstić information content (AvgIpc) is 3.10. The molecule has 0 bridgehead atoms. The molecule has 0 radical (unpaired) electrons. The number of rotatable bonds is 4. The van der Waals surface area contributed by atoms with Crippen molar-refractivity contribution in [3.8, 4) is 0 Å². The zero-order valence-electron chi connectivity index (χ0n) is 15.1. The van der Waals surface area contributed by atoms with Crippen LogP contribution in [-0.2, 0) is 16.1 Å². The highest BCUT2D eigenvalue weighted by Crippen LogP contribution is 2.45. The van der Waals surface area contributed by atoms with Crippen LogP contribution in [0, 0.1) is 0 Å². The number of thiocarbonyl (C=S) groups is 1. The third-order valence-electron chi connectivity index (χ3n) is 4.68. The van der Waals surface area contributed by atoms with Gasteiger partial charge in [-0.1, -0.05) is 77.2 Å². The molecule has 2 aliphatic rings. The van der Waals surface area contributed by atoms with E-state index < -0.39 is 0 Å². The molecule has 0 aliphatic carbocycles. The van der Waals surface area contributed by atoms with E-state index in [2.05, 4.69) is 15.9 Å². The number of carbonyl (C=O) groups is 2. The summed E-state index contributed by atoms with van der Waals surface area (Å²) in [5.74, 6) is -0.332. The first-order chi connectivity index (χ1) is 13.5. The number of amides is 2. The lowest BCUT2D eigenvalue weighted by atomic mass is 10.1. The van der Waals surface area contributed by atoms with Crippen LogP contribution in [0.1, 0.15) is 24.5 Å². The maximum Gasteiger partial charge on any atom is 0.267 e. The molecular formula is C21H17BrN2O2S2. The second kappa shape index (κ2) is 7.81. The number of halogens is 1. The molecule has 142 valence electrons. The maximum absolute atomic E-state index is 13.2. The number of anilines is 1. The standard InChI is InChI=1S/C21H17BrN2O2S2/c1-2-10-23-16-9-8-14(22)11-15(16)17(19(23)25)18-20(26)24(21(27)28-18)12-13-6-4-3-5-7-13/h3-9,11H,2,10,12H2,1H3. The SMILES string of the molecule is CCCN1C(=O)C(=C2SC(=S)N(Cc3ccccc3)C2=O)c2cc(Br)ccc21. The molecule has 28 heavy (non-hydrogen) atoms. The molecule has 7 heteroatoms. The Balaban J connectivity index is 1.76. The highest BCUT2D eigenvalue weighted by Gasteiger charge is 2.41. The van der Waals surface area contributed by atoms with Crippen molar-refractivity contribution in [2.75, 3.05) is 11.4 Å². The minimum atomic E-state index is -0.202. The Morgan fingerprint density at radius 1 is 1.04 bits per heavy atom. The van der Waals surface area contributed by atoms with Gasteiger partial charge in [-0.2, -0.15) is 0 Å². The summed E-state index contributed by atoms with van der Waals surface area (Å²) >= 11 is 10.2. The molecule has 0 atom stereocenters. The number of benzene rings is 2. The Kier molecular flexibility index (Phi) is 5.40. The summed E-state index contributed by atoms with van der Waals surface area (Å²) < 4.78 is 1.35. The molecule has 4 rings (SSSR count). The van der Waals surface area contributed by atoms with Crippen LogP contribution in [0.4, 0.5) is 5.69 Å². The van der Waals surface area contributed by atoms with Crippen LogP contribution in [0.2, 0.25) is 0 Å². The van der Waals surface area contributed by atoms with E-state index >= 15 is 0 Å². The zero-order chi connectivity index (χ0) is 19.8. The van der Waals surface area contributed by atoms with Crippen molar-refractivity contribution in [2.24, 2.45) is 0 Å². The fourth-order valence-corrected chi connectivity index (χ4v) is 5.11. The molecule has 2 aromatic rings. The third kappa shape index (κ3) is 3.32. The van der Waals surface area contributed by atoms with Gasteiger partial charge in [0.05, 0.1) is 22.7 Å². The summed E-state index contributed by atoms with van der Waals surface area (Å²) in [4.78, 5) is 30.1. The Labute approximate surface area is 181 Å². The predicted molar refractivity (Wildman–Crippen MR) is 121 cm³/mol. The van der Waals surface area contributed by atoms with Gasteiger partial charge in [-0.05, 0) is 30.2 Å². The molecule has 1 fully saturated rings. The molecule has 0 saturated carbocycles. The maximum atomic E-state index is 13.2. The zero-order valence-corrected chi connectivity index (χ0v) is 18.4. The van der Waals surface area contributed by atoms with Gasteiger partial charge in [0, 0.05) is 16.6 Å². The molecule has 2 aliphatic heterocycles. The van der Waals surface area contributed by atoms with Crippen LogP contribution >= 0.6 is 39.9 Å². The topological polar surface area (TPSA) is 40.6 Å². The summed E-state index contributed by atoms with van der Waals surface area (Å²) in [6.45, 7) is 3.05. The van der Waals surface area contributed by atoms with Crippen LogP contribution in [0.3, 0.4) is 0 Å². The van der Waals surface area contributed by atoms with Crippen molar-refractivity contribution in [2.45, 2.75) is 19.9 Å². The molecule has 0 N–H and O–H groups in total. The van der Waals surface area contributed by atoms with Gasteiger partial charge in [-0.15, -0.1) is 0 Å². The van der Waals surface area contributed by atoms with Crippen molar-refractivity contribution in [3.05, 3.63) is 69.0 Å². The van der Waals surface area contributed by atoms with Gasteiger partial charge in [0.1, 0.15) is 4.32 Å². The van der Waals surface area contributed by atoms with E-state index in [4.69, 9.17) is 12.2 Å². The van der Waals surface area contributed by atoms with Gasteiger partial charge in [0.15, 0.2) is 0 Å². The van der Waals surface area contributed by atoms with E-state index in [1.807, 2.05) is 55.5 Å². The van der Waals surface area contributed by atoms with E-state index in [0.717, 1.165) is 27.7 Å². The highest BCUT2D eigenvalue weighted by molar-refractivity contribution is 9.10. The number of carbonyl (C=O) groups excluding carboxylic acids is 2. The number of fused-ring (bicyclic) bond motifs is 1. The number of hydrogen-bond donors (Lipinski definition) is 0. The molecule has 0 unspecified atom stereocenters. The van der Waals surface area contributed by atoms with Crippen LogP contribution in [0.15, 0.2) is 57.9 Å². The molecular weight excluding hydrogens is 456 g/mol. The summed E-state index contributed by atoms with van der Waals surface area (Å²) in [7, 11) is 0. The van der Waals surface area contributed by atoms with Gasteiger partial charge < -0.3 is 4.90 Å². The van der Waals surface area contributed by atoms with Crippen molar-refractivity contribution >= 4 is 67.3 Å². The molecule has 0 aromatic heterocycles. The predicted octanol–water partition coefficient (Wildman–Crippen LogP) is 4.98. The van der Waals surface area contributed by atoms with Gasteiger partial charge >= 0.3 is 0 Å². The molecule has 2 heterocycles. The van der Waals surface area contributed by atoms with Gasteiger partial charge in [0.25, 0.3) is 11.8 Å². The lowest BCUT2D eigenvalue weighted by molar-refractivity contribution is -0.122. The Bertz CT molecular complexity index is 1020. The number of nitrogens with zero attached hydrogens (tertiary/aromatic N) is 2. The Morgan fingerprint density at radius 2 is 1.79 bits per heavy atom. The highest BCUT2D eigenvalue weighted by atomic mass is 79.9. The Morgan fingerprint density at radius 3 is 2.50 bits per heavy atom. The molecule has 1 saturated heterocycles. The fourth-order valence-electron chi connectivity index (χ4n) is 3.42. The van der Waals surface area contributed by atoms with Crippen molar-refractivity contribution in [3.63, 3.8) is 0 Å². The summed E-state index contributed by atoms with van der Waals surface area (Å²) in [6, 6.07) is 15.5. The van der Waals surface area contributed by atoms with Gasteiger partial charge in [0.2, 0.25) is 0 Å². The summed E-state index contributed by atoms with van der Waals surface area (Å²) in [6.07, 6.45) is 0.837. The second-order valence-corrected chi connectivity index (χ2v) is 9.13. The minimum absolute atomic E-state index is 0.129. The average molecular weight is 473 g/mol. The molecule has 4 nitrogen and oxygen atoms in total. The smallest absolute Gasteiger partial charge is 0.267 e. The molecule has 0 spiro atoms. The van der Waals surface area contributed by atoms with Crippen LogP contribution in [0.5, 0.6) is 0 Å². The molecule has 2 amide bonds. The first kappa shape index (κ1) is 19.4. The number of hydrogen-bond acceptors (Lipinski definition) is 4. The van der Waals surface area contributed by atoms with Crippen molar-refractivity contribution in [1.82, 2.24) is 4.90 Å². The van der Waals surface area contributed by atoms with Gasteiger partial charge in [-0.3, -0.25) is 14.5 Å². The first-order valence-corrected chi connectivity index (χ1v) is 11.0. The van der Waals surface area contributed by atoms with E-state index in [-0.39, 0.29) is 11.8 Å². The van der Waals surface area contributed by atoms with Gasteiger partial charge in [-0.25, -0.2) is 0 Å². The monoisotopic (exact) mass is 472 g/mol. The normalized spacial score (nSPS) is 19.0. The second-order valence-electron chi connectivity index (χ2n) is 6.57. The van der Waals surface area contributed by atoms with E-state index in [1.54, 1.807) is 9.80 Å². The first-order valence-electron chi connectivity index (χ1n) is 8.95. The third-order valence-corrected chi connectivity index (χ3v) is 6.63. The van der Waals surface area contributed by atoms with Crippen molar-refractivity contribution in [1.29, 1.82) is 0 Å². The molecule has 2 aromatic carbocycles. The lowest BCUT2D eigenvalue weighted by Crippen LogP contribution is -2.29. The van der Waals surface area contributed by atoms with E-state index in [1.165, 1.54) is 11.8 Å². The van der Waals surface area contributed by atoms with E-state index in [0.29, 0.717) is 27.9 Å². The Hall–Kier alpha value is -1.96. The largest absolute Gasteiger partial charge is 0.308 e. The van der Waals surface area contributed by atoms with Crippen LogP contribution < -0.4 is 4.90 Å². The summed E-state index contributed by atoms with van der Waals surface area (Å²) in [5.41, 5.74) is 3.09. The quantitative estimate of drug-likeness (QED) is 0.464. The lowest BCUT2D eigenvalue weighted by Gasteiger charge is -2.15. The van der Waals surface area contributed by atoms with Crippen LogP contribution in [-0.4, -0.2) is 27.6 Å². The van der Waals surface area contributed by atoms with E-state index in [9.17, 15) is 9.59 Å². The van der Waals surface area contributed by atoms with Crippen LogP contribution in [0.25, 0.3) is 5.57 Å². The fraction of sp³-hybridized carbons (Fsp3) is 0.190. The van der Waals surface area contributed by atoms with Crippen molar-refractivity contribution < 1.29 is 9.59 Å². The number of thioether (sulfide) groups is 1.